The third-order valence-corrected chi connectivity index (χ3v) is 2.15. The Hall–Kier alpha value is -1.15. The molecule has 0 heterocycles. The van der Waals surface area contributed by atoms with Crippen molar-refractivity contribution >= 4 is 5.78 Å². The second-order valence-corrected chi connectivity index (χ2v) is 3.94. The Kier molecular flexibility index (Phi) is 3.06. The molecule has 0 saturated carbocycles. The van der Waals surface area contributed by atoms with Crippen molar-refractivity contribution in [2.24, 2.45) is 0 Å². The number of aliphatic hydroxyl groups is 1. The van der Waals surface area contributed by atoms with E-state index in [9.17, 15) is 9.90 Å². The first-order valence-corrected chi connectivity index (χ1v) is 4.81. The molecule has 1 aromatic rings. The van der Waals surface area contributed by atoms with Crippen LogP contribution in [0.1, 0.15) is 36.7 Å². The van der Waals surface area contributed by atoms with Crippen molar-refractivity contribution in [1.82, 2.24) is 0 Å². The van der Waals surface area contributed by atoms with Crippen molar-refractivity contribution in [1.29, 1.82) is 0 Å². The highest BCUT2D eigenvalue weighted by atomic mass is 16.3. The van der Waals surface area contributed by atoms with E-state index in [0.717, 1.165) is 12.0 Å². The molecule has 0 aromatic heterocycles. The van der Waals surface area contributed by atoms with Gasteiger partial charge in [0.15, 0.2) is 5.78 Å². The molecule has 0 aliphatic heterocycles. The molecule has 1 N–H and O–H groups in total. The highest BCUT2D eigenvalue weighted by Crippen LogP contribution is 2.14. The molecule has 0 saturated heterocycles. The van der Waals surface area contributed by atoms with Crippen molar-refractivity contribution in [3.8, 4) is 0 Å². The fourth-order valence-electron chi connectivity index (χ4n) is 1.29. The predicted octanol–water partition coefficient (Wildman–Crippen LogP) is 2.20. The number of hydrogen-bond acceptors (Lipinski definition) is 2. The van der Waals surface area contributed by atoms with Crippen LogP contribution in [-0.4, -0.2) is 16.5 Å². The molecule has 0 radical (unpaired) electrons. The summed E-state index contributed by atoms with van der Waals surface area (Å²) in [6.45, 7) is 5.05. The van der Waals surface area contributed by atoms with Gasteiger partial charge in [-0.15, -0.1) is 0 Å². The molecule has 76 valence electrons. The van der Waals surface area contributed by atoms with Crippen LogP contribution in [0.25, 0.3) is 0 Å². The van der Waals surface area contributed by atoms with Crippen LogP contribution < -0.4 is 0 Å². The summed E-state index contributed by atoms with van der Waals surface area (Å²) < 4.78 is 0. The van der Waals surface area contributed by atoms with Crippen molar-refractivity contribution in [2.45, 2.75) is 32.8 Å². The van der Waals surface area contributed by atoms with Gasteiger partial charge in [0, 0.05) is 5.56 Å². The minimum atomic E-state index is -1.29. The van der Waals surface area contributed by atoms with Crippen LogP contribution >= 0.6 is 0 Å². The smallest absolute Gasteiger partial charge is 0.193 e. The van der Waals surface area contributed by atoms with Gasteiger partial charge in [-0.1, -0.05) is 25.1 Å². The monoisotopic (exact) mass is 192 g/mol. The van der Waals surface area contributed by atoms with Crippen LogP contribution in [0.15, 0.2) is 24.3 Å². The number of rotatable bonds is 3. The summed E-state index contributed by atoms with van der Waals surface area (Å²) in [5, 5.41) is 9.55. The third kappa shape index (κ3) is 2.42. The van der Waals surface area contributed by atoms with Crippen molar-refractivity contribution in [3.05, 3.63) is 35.4 Å². The average molecular weight is 192 g/mol. The van der Waals surface area contributed by atoms with Gasteiger partial charge in [-0.3, -0.25) is 4.79 Å². The summed E-state index contributed by atoms with van der Waals surface area (Å²) >= 11 is 0. The fraction of sp³-hybridized carbons (Fsp3) is 0.417. The number of hydrogen-bond donors (Lipinski definition) is 1. The lowest BCUT2D eigenvalue weighted by atomic mass is 9.95. The minimum absolute atomic E-state index is 0.229. The second kappa shape index (κ2) is 3.93. The minimum Gasteiger partial charge on any atom is -0.382 e. The first kappa shape index (κ1) is 10.9. The summed E-state index contributed by atoms with van der Waals surface area (Å²) in [5.74, 6) is -0.229. The van der Waals surface area contributed by atoms with Gasteiger partial charge in [0.25, 0.3) is 0 Å². The molecule has 0 atom stereocenters. The Morgan fingerprint density at radius 1 is 1.43 bits per heavy atom. The summed E-state index contributed by atoms with van der Waals surface area (Å²) in [7, 11) is 0. The molecular formula is C12H16O2. The highest BCUT2D eigenvalue weighted by Gasteiger charge is 2.24. The van der Waals surface area contributed by atoms with Crippen LogP contribution in [0.5, 0.6) is 0 Å². The van der Waals surface area contributed by atoms with Gasteiger partial charge in [0.05, 0.1) is 0 Å². The van der Waals surface area contributed by atoms with E-state index in [4.69, 9.17) is 0 Å². The quantitative estimate of drug-likeness (QED) is 0.745. The summed E-state index contributed by atoms with van der Waals surface area (Å²) in [5.41, 5.74) is 0.406. The van der Waals surface area contributed by atoms with Gasteiger partial charge >= 0.3 is 0 Å². The van der Waals surface area contributed by atoms with E-state index in [-0.39, 0.29) is 5.78 Å². The maximum Gasteiger partial charge on any atom is 0.193 e. The molecule has 0 aliphatic carbocycles. The summed E-state index contributed by atoms with van der Waals surface area (Å²) in [6.07, 6.45) is 0.896. The van der Waals surface area contributed by atoms with Gasteiger partial charge in [0.2, 0.25) is 0 Å². The SMILES string of the molecule is CCc1cccc(C(=O)C(C)(C)O)c1. The first-order valence-electron chi connectivity index (χ1n) is 4.81. The van der Waals surface area contributed by atoms with Crippen molar-refractivity contribution in [3.63, 3.8) is 0 Å². The summed E-state index contributed by atoms with van der Waals surface area (Å²) in [6, 6.07) is 7.39. The lowest BCUT2D eigenvalue weighted by molar-refractivity contribution is 0.0488. The summed E-state index contributed by atoms with van der Waals surface area (Å²) in [4.78, 5) is 11.7. The highest BCUT2D eigenvalue weighted by molar-refractivity contribution is 6.01. The molecule has 2 heteroatoms. The normalized spacial score (nSPS) is 11.4. The molecule has 0 spiro atoms. The molecule has 0 fully saturated rings. The van der Waals surface area contributed by atoms with E-state index in [0.29, 0.717) is 5.56 Å². The first-order chi connectivity index (χ1) is 6.45. The molecule has 2 nitrogen and oxygen atoms in total. The standard InChI is InChI=1S/C12H16O2/c1-4-9-6-5-7-10(8-9)11(13)12(2,3)14/h5-8,14H,4H2,1-3H3. The lowest BCUT2D eigenvalue weighted by Crippen LogP contribution is -2.31. The van der Waals surface area contributed by atoms with Crippen LogP contribution in [0.2, 0.25) is 0 Å². The zero-order valence-electron chi connectivity index (χ0n) is 8.87. The van der Waals surface area contributed by atoms with Crippen molar-refractivity contribution in [2.75, 3.05) is 0 Å². The topological polar surface area (TPSA) is 37.3 Å². The van der Waals surface area contributed by atoms with Gasteiger partial charge in [0.1, 0.15) is 5.60 Å². The van der Waals surface area contributed by atoms with Crippen LogP contribution in [-0.2, 0) is 6.42 Å². The number of aryl methyl sites for hydroxylation is 1. The molecule has 0 aliphatic rings. The number of benzene rings is 1. The van der Waals surface area contributed by atoms with E-state index < -0.39 is 5.60 Å². The molecule has 1 rings (SSSR count). The number of ketones is 1. The molecule has 0 unspecified atom stereocenters. The molecular weight excluding hydrogens is 176 g/mol. The zero-order valence-corrected chi connectivity index (χ0v) is 8.87. The maximum atomic E-state index is 11.7. The predicted molar refractivity (Wildman–Crippen MR) is 56.4 cm³/mol. The van der Waals surface area contributed by atoms with Gasteiger partial charge < -0.3 is 5.11 Å². The number of Topliss-reactive ketones (excluding diaryl/α,β-unsaturated/α-hetero) is 1. The van der Waals surface area contributed by atoms with Gasteiger partial charge in [-0.05, 0) is 31.9 Å². The van der Waals surface area contributed by atoms with Crippen LogP contribution in [0.4, 0.5) is 0 Å². The lowest BCUT2D eigenvalue weighted by Gasteiger charge is -2.15. The molecule has 0 amide bonds. The Labute approximate surface area is 84.6 Å². The fourth-order valence-corrected chi connectivity index (χ4v) is 1.29. The van der Waals surface area contributed by atoms with E-state index in [1.807, 2.05) is 25.1 Å². The number of carbonyl (C=O) groups is 1. The average Bonchev–Trinajstić information content (AvgIpc) is 2.15. The van der Waals surface area contributed by atoms with Gasteiger partial charge in [-0.2, -0.15) is 0 Å². The molecule has 0 bridgehead atoms. The van der Waals surface area contributed by atoms with Gasteiger partial charge in [-0.25, -0.2) is 0 Å². The molecule has 14 heavy (non-hydrogen) atoms. The van der Waals surface area contributed by atoms with E-state index in [1.165, 1.54) is 13.8 Å². The molecule has 1 aromatic carbocycles. The van der Waals surface area contributed by atoms with E-state index in [1.54, 1.807) is 6.07 Å². The largest absolute Gasteiger partial charge is 0.382 e. The Morgan fingerprint density at radius 3 is 2.57 bits per heavy atom. The zero-order chi connectivity index (χ0) is 10.8. The van der Waals surface area contributed by atoms with E-state index >= 15 is 0 Å². The van der Waals surface area contributed by atoms with Crippen molar-refractivity contribution < 1.29 is 9.90 Å². The van der Waals surface area contributed by atoms with Crippen LogP contribution in [0.3, 0.4) is 0 Å². The second-order valence-electron chi connectivity index (χ2n) is 3.94. The maximum absolute atomic E-state index is 11.7. The third-order valence-electron chi connectivity index (χ3n) is 2.15. The Bertz CT molecular complexity index is 334. The van der Waals surface area contributed by atoms with E-state index in [2.05, 4.69) is 0 Å². The van der Waals surface area contributed by atoms with Crippen LogP contribution in [0, 0.1) is 0 Å². The number of carbonyl (C=O) groups excluding carboxylic acids is 1. The Morgan fingerprint density at radius 2 is 2.07 bits per heavy atom. The Balaban J connectivity index is 3.02.